The van der Waals surface area contributed by atoms with Crippen LogP contribution in [0.5, 0.6) is 5.75 Å². The van der Waals surface area contributed by atoms with Crippen LogP contribution in [0.15, 0.2) is 54.9 Å². The standard InChI is InChI=1S/C27H33N7O2/c1-19(2)34-18-29-24-25(28-13-12-20-4-10-23(35-3)11-5-20)31-27(32-26(24)34)30-21-6-8-22(9-7-21)33-14-16-36-17-15-33/h4-11,18-19H,12-17H2,1-3H3,(H2,28,30,31,32). The second-order valence-electron chi connectivity index (χ2n) is 9.11. The van der Waals surface area contributed by atoms with E-state index in [0.29, 0.717) is 5.95 Å². The molecule has 9 nitrogen and oxygen atoms in total. The number of fused-ring (bicyclic) bond motifs is 1. The van der Waals surface area contributed by atoms with E-state index in [1.54, 1.807) is 7.11 Å². The zero-order valence-corrected chi connectivity index (χ0v) is 21.1. The fraction of sp³-hybridized carbons (Fsp3) is 0.370. The molecule has 0 bridgehead atoms. The van der Waals surface area contributed by atoms with Gasteiger partial charge in [0.05, 0.1) is 26.7 Å². The first kappa shape index (κ1) is 23.9. The second-order valence-corrected chi connectivity index (χ2v) is 9.11. The van der Waals surface area contributed by atoms with Crippen molar-refractivity contribution in [3.63, 3.8) is 0 Å². The van der Waals surface area contributed by atoms with E-state index in [2.05, 4.69) is 75.3 Å². The zero-order valence-electron chi connectivity index (χ0n) is 21.1. The molecule has 2 N–H and O–H groups in total. The number of nitrogens with zero attached hydrogens (tertiary/aromatic N) is 5. The van der Waals surface area contributed by atoms with Gasteiger partial charge in [0.1, 0.15) is 5.75 Å². The van der Waals surface area contributed by atoms with E-state index in [4.69, 9.17) is 19.4 Å². The van der Waals surface area contributed by atoms with Crippen molar-refractivity contribution in [3.8, 4) is 5.75 Å². The van der Waals surface area contributed by atoms with Gasteiger partial charge in [-0.3, -0.25) is 0 Å². The fourth-order valence-corrected chi connectivity index (χ4v) is 4.30. The summed E-state index contributed by atoms with van der Waals surface area (Å²) in [5, 5.41) is 6.86. The van der Waals surface area contributed by atoms with Gasteiger partial charge in [0.25, 0.3) is 0 Å². The van der Waals surface area contributed by atoms with Crippen molar-refractivity contribution in [2.24, 2.45) is 0 Å². The van der Waals surface area contributed by atoms with Crippen molar-refractivity contribution in [2.75, 3.05) is 55.5 Å². The Bertz CT molecular complexity index is 1280. The average Bonchev–Trinajstić information content (AvgIpc) is 3.35. The van der Waals surface area contributed by atoms with Gasteiger partial charge in [0, 0.05) is 37.1 Å². The van der Waals surface area contributed by atoms with Gasteiger partial charge in [-0.25, -0.2) is 4.98 Å². The maximum Gasteiger partial charge on any atom is 0.231 e. The van der Waals surface area contributed by atoms with Crippen LogP contribution in [0.25, 0.3) is 11.2 Å². The third kappa shape index (κ3) is 5.36. The molecule has 9 heteroatoms. The third-order valence-corrected chi connectivity index (χ3v) is 6.34. The summed E-state index contributed by atoms with van der Waals surface area (Å²) in [6.45, 7) is 8.33. The predicted octanol–water partition coefficient (Wildman–Crippen LogP) is 4.65. The number of imidazole rings is 1. The Morgan fingerprint density at radius 2 is 1.75 bits per heavy atom. The largest absolute Gasteiger partial charge is 0.497 e. The van der Waals surface area contributed by atoms with Crippen LogP contribution in [0.1, 0.15) is 25.5 Å². The minimum Gasteiger partial charge on any atom is -0.497 e. The van der Waals surface area contributed by atoms with Crippen LogP contribution in [0.3, 0.4) is 0 Å². The van der Waals surface area contributed by atoms with Crippen molar-refractivity contribution in [3.05, 3.63) is 60.4 Å². The second kappa shape index (κ2) is 10.8. The molecule has 0 unspecified atom stereocenters. The summed E-state index contributed by atoms with van der Waals surface area (Å²) in [5.41, 5.74) is 4.93. The number of aromatic nitrogens is 4. The van der Waals surface area contributed by atoms with Gasteiger partial charge in [0.2, 0.25) is 5.95 Å². The molecular formula is C27H33N7O2. The van der Waals surface area contributed by atoms with Crippen LogP contribution in [0, 0.1) is 0 Å². The molecule has 1 aliphatic heterocycles. The highest BCUT2D eigenvalue weighted by Gasteiger charge is 2.16. The summed E-state index contributed by atoms with van der Waals surface area (Å²) < 4.78 is 12.8. The molecule has 1 saturated heterocycles. The topological polar surface area (TPSA) is 89.4 Å². The SMILES string of the molecule is COc1ccc(CCNc2nc(Nc3ccc(N4CCOCC4)cc3)nc3c2ncn3C(C)C)cc1. The summed E-state index contributed by atoms with van der Waals surface area (Å²) >= 11 is 0. The van der Waals surface area contributed by atoms with E-state index in [-0.39, 0.29) is 6.04 Å². The van der Waals surface area contributed by atoms with E-state index < -0.39 is 0 Å². The van der Waals surface area contributed by atoms with Gasteiger partial charge < -0.3 is 29.6 Å². The Labute approximate surface area is 211 Å². The minimum absolute atomic E-state index is 0.234. The minimum atomic E-state index is 0.234. The summed E-state index contributed by atoms with van der Waals surface area (Å²) in [7, 11) is 1.68. The van der Waals surface area contributed by atoms with Crippen molar-refractivity contribution < 1.29 is 9.47 Å². The van der Waals surface area contributed by atoms with Crippen LogP contribution in [0.2, 0.25) is 0 Å². The molecule has 5 rings (SSSR count). The molecule has 2 aromatic carbocycles. The zero-order chi connectivity index (χ0) is 24.9. The number of anilines is 4. The van der Waals surface area contributed by atoms with Crippen LogP contribution < -0.4 is 20.3 Å². The smallest absolute Gasteiger partial charge is 0.231 e. The molecule has 1 fully saturated rings. The van der Waals surface area contributed by atoms with Crippen molar-refractivity contribution >= 4 is 34.3 Å². The number of morpholine rings is 1. The van der Waals surface area contributed by atoms with Gasteiger partial charge >= 0.3 is 0 Å². The van der Waals surface area contributed by atoms with Crippen LogP contribution >= 0.6 is 0 Å². The highest BCUT2D eigenvalue weighted by Crippen LogP contribution is 2.26. The van der Waals surface area contributed by atoms with Crippen molar-refractivity contribution in [1.29, 1.82) is 0 Å². The van der Waals surface area contributed by atoms with Gasteiger partial charge in [-0.15, -0.1) is 0 Å². The number of rotatable bonds is 9. The highest BCUT2D eigenvalue weighted by molar-refractivity contribution is 5.85. The Hall–Kier alpha value is -3.85. The van der Waals surface area contributed by atoms with Crippen molar-refractivity contribution in [2.45, 2.75) is 26.3 Å². The predicted molar refractivity (Wildman–Crippen MR) is 144 cm³/mol. The lowest BCUT2D eigenvalue weighted by Gasteiger charge is -2.28. The van der Waals surface area contributed by atoms with E-state index in [0.717, 1.165) is 67.7 Å². The molecule has 36 heavy (non-hydrogen) atoms. The molecule has 0 atom stereocenters. The Kier molecular flexibility index (Phi) is 7.18. The number of nitrogens with one attached hydrogen (secondary N) is 2. The monoisotopic (exact) mass is 487 g/mol. The fourth-order valence-electron chi connectivity index (χ4n) is 4.30. The molecule has 0 amide bonds. The van der Waals surface area contributed by atoms with Crippen LogP contribution in [0.4, 0.5) is 23.1 Å². The lowest BCUT2D eigenvalue weighted by Crippen LogP contribution is -2.36. The van der Waals surface area contributed by atoms with Crippen LogP contribution in [-0.4, -0.2) is 59.5 Å². The van der Waals surface area contributed by atoms with E-state index in [1.807, 2.05) is 18.5 Å². The molecule has 2 aromatic heterocycles. The molecule has 0 aliphatic carbocycles. The molecule has 3 heterocycles. The molecular weight excluding hydrogens is 454 g/mol. The Morgan fingerprint density at radius 3 is 2.44 bits per heavy atom. The quantitative estimate of drug-likeness (QED) is 0.353. The van der Waals surface area contributed by atoms with Crippen LogP contribution in [-0.2, 0) is 11.2 Å². The number of methoxy groups -OCH3 is 1. The first-order valence-corrected chi connectivity index (χ1v) is 12.4. The Morgan fingerprint density at radius 1 is 1.00 bits per heavy atom. The lowest BCUT2D eigenvalue weighted by molar-refractivity contribution is 0.122. The van der Waals surface area contributed by atoms with Gasteiger partial charge in [0.15, 0.2) is 17.0 Å². The molecule has 0 saturated carbocycles. The van der Waals surface area contributed by atoms with Gasteiger partial charge in [-0.2, -0.15) is 9.97 Å². The van der Waals surface area contributed by atoms with Crippen molar-refractivity contribution in [1.82, 2.24) is 19.5 Å². The number of ether oxygens (including phenoxy) is 2. The molecule has 0 spiro atoms. The van der Waals surface area contributed by atoms with Gasteiger partial charge in [-0.05, 0) is 62.2 Å². The maximum absolute atomic E-state index is 5.46. The molecule has 1 aliphatic rings. The molecule has 4 aromatic rings. The summed E-state index contributed by atoms with van der Waals surface area (Å²) in [4.78, 5) is 16.5. The summed E-state index contributed by atoms with van der Waals surface area (Å²) in [5.74, 6) is 2.12. The molecule has 0 radical (unpaired) electrons. The molecule has 188 valence electrons. The maximum atomic E-state index is 5.46. The first-order valence-electron chi connectivity index (χ1n) is 12.4. The third-order valence-electron chi connectivity index (χ3n) is 6.34. The normalized spacial score (nSPS) is 13.8. The van der Waals surface area contributed by atoms with E-state index in [9.17, 15) is 0 Å². The van der Waals surface area contributed by atoms with E-state index >= 15 is 0 Å². The number of hydrogen-bond acceptors (Lipinski definition) is 8. The number of hydrogen-bond donors (Lipinski definition) is 2. The summed E-state index contributed by atoms with van der Waals surface area (Å²) in [6.07, 6.45) is 2.69. The highest BCUT2D eigenvalue weighted by atomic mass is 16.5. The Balaban J connectivity index is 1.34. The van der Waals surface area contributed by atoms with Gasteiger partial charge in [-0.1, -0.05) is 12.1 Å². The average molecular weight is 488 g/mol. The van der Waals surface area contributed by atoms with E-state index in [1.165, 1.54) is 11.3 Å². The first-order chi connectivity index (χ1) is 17.6. The lowest BCUT2D eigenvalue weighted by atomic mass is 10.1. The number of benzene rings is 2. The summed E-state index contributed by atoms with van der Waals surface area (Å²) in [6, 6.07) is 16.7.